The maximum absolute atomic E-state index is 11.1. The van der Waals surface area contributed by atoms with E-state index in [1.165, 1.54) is 0 Å². The fraction of sp³-hybridized carbons (Fsp3) is 0.300. The highest BCUT2D eigenvalue weighted by Gasteiger charge is 2.48. The summed E-state index contributed by atoms with van der Waals surface area (Å²) in [6.07, 6.45) is 1.57. The summed E-state index contributed by atoms with van der Waals surface area (Å²) < 4.78 is 0. The molecule has 1 aromatic rings. The molecule has 4 heteroatoms. The van der Waals surface area contributed by atoms with Crippen molar-refractivity contribution in [1.29, 1.82) is 0 Å². The molecule has 0 heterocycles. The van der Waals surface area contributed by atoms with Crippen LogP contribution in [0.15, 0.2) is 24.3 Å². The monoisotopic (exact) mass is 210 g/mol. The molecule has 1 saturated carbocycles. The lowest BCUT2D eigenvalue weighted by atomic mass is 10.2. The van der Waals surface area contributed by atoms with Crippen molar-refractivity contribution >= 4 is 23.2 Å². The van der Waals surface area contributed by atoms with Crippen LogP contribution in [0, 0.1) is 0 Å². The zero-order valence-electron chi connectivity index (χ0n) is 7.59. The van der Waals surface area contributed by atoms with E-state index >= 15 is 0 Å². The van der Waals surface area contributed by atoms with Crippen molar-refractivity contribution in [3.05, 3.63) is 29.3 Å². The van der Waals surface area contributed by atoms with Gasteiger partial charge in [0.15, 0.2) is 0 Å². The summed E-state index contributed by atoms with van der Waals surface area (Å²) in [5.41, 5.74) is 5.50. The van der Waals surface area contributed by atoms with Crippen molar-refractivity contribution in [2.45, 2.75) is 18.4 Å². The third-order valence-electron chi connectivity index (χ3n) is 2.47. The van der Waals surface area contributed by atoms with Crippen LogP contribution in [0.25, 0.3) is 0 Å². The van der Waals surface area contributed by atoms with Crippen LogP contribution in [-0.2, 0) is 4.79 Å². The number of nitrogens with two attached hydrogens (primary N) is 1. The number of anilines is 1. The second-order valence-corrected chi connectivity index (χ2v) is 3.96. The lowest BCUT2D eigenvalue weighted by molar-refractivity contribution is -0.119. The van der Waals surface area contributed by atoms with Gasteiger partial charge in [0, 0.05) is 0 Å². The van der Waals surface area contributed by atoms with Gasteiger partial charge in [-0.25, -0.2) is 0 Å². The number of primary amides is 1. The normalized spacial score (nSPS) is 17.5. The summed E-state index contributed by atoms with van der Waals surface area (Å²) in [6, 6.07) is 7.33. The Bertz CT molecular complexity index is 374. The predicted octanol–water partition coefficient (Wildman–Crippen LogP) is 1.77. The minimum Gasteiger partial charge on any atom is -0.370 e. The number of halogens is 1. The van der Waals surface area contributed by atoms with Gasteiger partial charge in [-0.15, -0.1) is 0 Å². The number of hydrogen-bond acceptors (Lipinski definition) is 2. The molecule has 1 aliphatic carbocycles. The van der Waals surface area contributed by atoms with Gasteiger partial charge in [0.2, 0.25) is 5.91 Å². The number of rotatable bonds is 3. The van der Waals surface area contributed by atoms with Crippen LogP contribution < -0.4 is 11.1 Å². The van der Waals surface area contributed by atoms with Gasteiger partial charge in [-0.2, -0.15) is 0 Å². The van der Waals surface area contributed by atoms with E-state index in [2.05, 4.69) is 5.32 Å². The first-order valence-electron chi connectivity index (χ1n) is 4.47. The quantitative estimate of drug-likeness (QED) is 0.799. The molecule has 0 bridgehead atoms. The molecule has 1 aliphatic rings. The van der Waals surface area contributed by atoms with E-state index in [1.54, 1.807) is 6.07 Å². The van der Waals surface area contributed by atoms with Crippen LogP contribution in [0.2, 0.25) is 5.02 Å². The molecule has 1 amide bonds. The number of hydrogen-bond donors (Lipinski definition) is 2. The summed E-state index contributed by atoms with van der Waals surface area (Å²) in [4.78, 5) is 11.1. The molecule has 1 aromatic carbocycles. The molecule has 1 fully saturated rings. The molecule has 3 nitrogen and oxygen atoms in total. The first-order valence-corrected chi connectivity index (χ1v) is 4.84. The van der Waals surface area contributed by atoms with Gasteiger partial charge in [0.1, 0.15) is 5.54 Å². The summed E-state index contributed by atoms with van der Waals surface area (Å²) in [5.74, 6) is -0.308. The zero-order valence-corrected chi connectivity index (χ0v) is 8.34. The van der Waals surface area contributed by atoms with Crippen LogP contribution >= 0.6 is 11.6 Å². The Labute approximate surface area is 87.2 Å². The van der Waals surface area contributed by atoms with Gasteiger partial charge < -0.3 is 11.1 Å². The summed E-state index contributed by atoms with van der Waals surface area (Å²) in [7, 11) is 0. The van der Waals surface area contributed by atoms with Crippen LogP contribution in [-0.4, -0.2) is 11.4 Å². The molecule has 74 valence electrons. The summed E-state index contributed by atoms with van der Waals surface area (Å²) in [5, 5.41) is 3.70. The fourth-order valence-electron chi connectivity index (χ4n) is 1.38. The minimum absolute atomic E-state index is 0.308. The number of nitrogens with one attached hydrogen (secondary N) is 1. The predicted molar refractivity (Wildman–Crippen MR) is 56.2 cm³/mol. The van der Waals surface area contributed by atoms with E-state index in [0.29, 0.717) is 5.02 Å². The first-order chi connectivity index (χ1) is 6.64. The van der Waals surface area contributed by atoms with Crippen LogP contribution in [0.4, 0.5) is 5.69 Å². The molecule has 0 saturated heterocycles. The lowest BCUT2D eigenvalue weighted by Crippen LogP contribution is -2.37. The van der Waals surface area contributed by atoms with E-state index in [9.17, 15) is 4.79 Å². The van der Waals surface area contributed by atoms with E-state index < -0.39 is 5.54 Å². The third-order valence-corrected chi connectivity index (χ3v) is 2.80. The van der Waals surface area contributed by atoms with Crippen molar-refractivity contribution < 1.29 is 4.79 Å². The van der Waals surface area contributed by atoms with Crippen molar-refractivity contribution in [2.24, 2.45) is 5.73 Å². The van der Waals surface area contributed by atoms with Gasteiger partial charge in [-0.05, 0) is 25.0 Å². The second kappa shape index (κ2) is 3.17. The molecule has 0 unspecified atom stereocenters. The Morgan fingerprint density at radius 2 is 2.07 bits per heavy atom. The largest absolute Gasteiger partial charge is 0.370 e. The minimum atomic E-state index is -0.551. The Morgan fingerprint density at radius 1 is 1.43 bits per heavy atom. The second-order valence-electron chi connectivity index (χ2n) is 3.55. The van der Waals surface area contributed by atoms with E-state index in [4.69, 9.17) is 17.3 Å². The molecule has 2 rings (SSSR count). The van der Waals surface area contributed by atoms with Crippen molar-refractivity contribution in [3.8, 4) is 0 Å². The SMILES string of the molecule is NC(=O)C1(Nc2ccccc2Cl)CC1. The van der Waals surface area contributed by atoms with Gasteiger partial charge >= 0.3 is 0 Å². The van der Waals surface area contributed by atoms with Crippen LogP contribution in [0.3, 0.4) is 0 Å². The van der Waals surface area contributed by atoms with Crippen LogP contribution in [0.1, 0.15) is 12.8 Å². The smallest absolute Gasteiger partial charge is 0.243 e. The van der Waals surface area contributed by atoms with E-state index in [-0.39, 0.29) is 5.91 Å². The standard InChI is InChI=1S/C10H11ClN2O/c11-7-3-1-2-4-8(7)13-10(5-6-10)9(12)14/h1-4,13H,5-6H2,(H2,12,14). The van der Waals surface area contributed by atoms with Gasteiger partial charge in [-0.3, -0.25) is 4.79 Å². The number of para-hydroxylation sites is 1. The molecular formula is C10H11ClN2O. The van der Waals surface area contributed by atoms with Gasteiger partial charge in [0.05, 0.1) is 10.7 Å². The highest BCUT2D eigenvalue weighted by Crippen LogP contribution is 2.40. The third kappa shape index (κ3) is 1.55. The van der Waals surface area contributed by atoms with Crippen molar-refractivity contribution in [1.82, 2.24) is 0 Å². The molecule has 0 aliphatic heterocycles. The highest BCUT2D eigenvalue weighted by molar-refractivity contribution is 6.33. The molecule has 0 aromatic heterocycles. The van der Waals surface area contributed by atoms with Crippen molar-refractivity contribution in [3.63, 3.8) is 0 Å². The fourth-order valence-corrected chi connectivity index (χ4v) is 1.56. The Balaban J connectivity index is 2.19. The molecular weight excluding hydrogens is 200 g/mol. The Hall–Kier alpha value is -1.22. The first kappa shape index (κ1) is 9.34. The molecule has 0 radical (unpaired) electrons. The van der Waals surface area contributed by atoms with Crippen LogP contribution in [0.5, 0.6) is 0 Å². The topological polar surface area (TPSA) is 55.1 Å². The maximum atomic E-state index is 11.1. The number of benzene rings is 1. The number of carbonyl (C=O) groups excluding carboxylic acids is 1. The average molecular weight is 211 g/mol. The molecule has 14 heavy (non-hydrogen) atoms. The Morgan fingerprint density at radius 3 is 2.57 bits per heavy atom. The number of amides is 1. The van der Waals surface area contributed by atoms with E-state index in [0.717, 1.165) is 18.5 Å². The lowest BCUT2D eigenvalue weighted by Gasteiger charge is -2.15. The van der Waals surface area contributed by atoms with Gasteiger partial charge in [0.25, 0.3) is 0 Å². The zero-order chi connectivity index (χ0) is 10.2. The summed E-state index contributed by atoms with van der Waals surface area (Å²) >= 11 is 5.95. The molecule has 0 atom stereocenters. The summed E-state index contributed by atoms with van der Waals surface area (Å²) in [6.45, 7) is 0. The van der Waals surface area contributed by atoms with E-state index in [1.807, 2.05) is 18.2 Å². The van der Waals surface area contributed by atoms with Gasteiger partial charge in [-0.1, -0.05) is 23.7 Å². The molecule has 0 spiro atoms. The number of carbonyl (C=O) groups is 1. The van der Waals surface area contributed by atoms with Crippen molar-refractivity contribution in [2.75, 3.05) is 5.32 Å². The maximum Gasteiger partial charge on any atom is 0.243 e. The Kier molecular flexibility index (Phi) is 2.11. The average Bonchev–Trinajstić information content (AvgIpc) is 2.90. The molecule has 3 N–H and O–H groups in total. The highest BCUT2D eigenvalue weighted by atomic mass is 35.5.